The lowest BCUT2D eigenvalue weighted by atomic mass is 10.1. The predicted octanol–water partition coefficient (Wildman–Crippen LogP) is 5.33. The number of nitrogens with one attached hydrogen (secondary N) is 1. The smallest absolute Gasteiger partial charge is 0.339 e. The Hall–Kier alpha value is -3.49. The van der Waals surface area contributed by atoms with E-state index in [1.54, 1.807) is 48.7 Å². The van der Waals surface area contributed by atoms with Crippen molar-refractivity contribution in [2.24, 2.45) is 5.10 Å². The zero-order valence-electron chi connectivity index (χ0n) is 16.6. The lowest BCUT2D eigenvalue weighted by Crippen LogP contribution is -2.09. The predicted molar refractivity (Wildman–Crippen MR) is 124 cm³/mol. The van der Waals surface area contributed by atoms with Gasteiger partial charge in [0.1, 0.15) is 10.6 Å². The van der Waals surface area contributed by atoms with Gasteiger partial charge in [0.15, 0.2) is 0 Å². The molecule has 0 atom stereocenters. The number of rotatable bonds is 7. The first-order chi connectivity index (χ1) is 15.0. The van der Waals surface area contributed by atoms with Gasteiger partial charge in [-0.2, -0.15) is 13.5 Å². The lowest BCUT2D eigenvalue weighted by molar-refractivity contribution is 0.486. The first-order valence-electron chi connectivity index (χ1n) is 9.43. The highest BCUT2D eigenvalue weighted by Gasteiger charge is 2.15. The second kappa shape index (κ2) is 9.11. The summed E-state index contributed by atoms with van der Waals surface area (Å²) in [7, 11) is -3.86. The van der Waals surface area contributed by atoms with Crippen LogP contribution >= 0.6 is 11.3 Å². The van der Waals surface area contributed by atoms with E-state index in [1.807, 2.05) is 37.3 Å². The Kier molecular flexibility index (Phi) is 6.11. The molecule has 156 valence electrons. The molecule has 3 aromatic carbocycles. The average Bonchev–Trinajstić information content (AvgIpc) is 3.16. The zero-order chi connectivity index (χ0) is 21.7. The fourth-order valence-electron chi connectivity index (χ4n) is 2.84. The standard InChI is InChI=1S/C23H19N3O3S2/c1-17-22(19-8-4-2-5-9-19)25-23(30-17)26-24-16-18-12-14-20(15-13-18)29-31(27,28)21-10-6-3-7-11-21/h2-16H,1H3,(H,25,26)/b24-16-. The van der Waals surface area contributed by atoms with E-state index in [4.69, 9.17) is 4.18 Å². The van der Waals surface area contributed by atoms with Crippen LogP contribution in [-0.2, 0) is 10.1 Å². The van der Waals surface area contributed by atoms with Crippen molar-refractivity contribution in [3.05, 3.63) is 95.4 Å². The van der Waals surface area contributed by atoms with Crippen LogP contribution in [0.25, 0.3) is 11.3 Å². The van der Waals surface area contributed by atoms with Crippen molar-refractivity contribution in [2.75, 3.05) is 5.43 Å². The van der Waals surface area contributed by atoms with Gasteiger partial charge in [0.2, 0.25) is 5.13 Å². The van der Waals surface area contributed by atoms with Gasteiger partial charge in [-0.1, -0.05) is 48.5 Å². The van der Waals surface area contributed by atoms with Gasteiger partial charge in [-0.3, -0.25) is 5.43 Å². The molecule has 0 radical (unpaired) electrons. The molecule has 0 amide bonds. The van der Waals surface area contributed by atoms with E-state index in [0.717, 1.165) is 21.7 Å². The van der Waals surface area contributed by atoms with Gasteiger partial charge >= 0.3 is 10.1 Å². The highest BCUT2D eigenvalue weighted by molar-refractivity contribution is 7.87. The summed E-state index contributed by atoms with van der Waals surface area (Å²) in [5.74, 6) is 0.233. The summed E-state index contributed by atoms with van der Waals surface area (Å²) in [6.07, 6.45) is 1.63. The molecule has 0 aliphatic carbocycles. The summed E-state index contributed by atoms with van der Waals surface area (Å²) < 4.78 is 29.7. The van der Waals surface area contributed by atoms with Crippen LogP contribution in [0.15, 0.2) is 94.9 Å². The van der Waals surface area contributed by atoms with Crippen molar-refractivity contribution < 1.29 is 12.6 Å². The number of hydrogen-bond donors (Lipinski definition) is 1. The van der Waals surface area contributed by atoms with E-state index < -0.39 is 10.1 Å². The SMILES string of the molecule is Cc1sc(N/N=C\c2ccc(OS(=O)(=O)c3ccccc3)cc2)nc1-c1ccccc1. The van der Waals surface area contributed by atoms with Crippen LogP contribution in [0.2, 0.25) is 0 Å². The van der Waals surface area contributed by atoms with Gasteiger partial charge in [0.25, 0.3) is 0 Å². The van der Waals surface area contributed by atoms with E-state index in [9.17, 15) is 8.42 Å². The summed E-state index contributed by atoms with van der Waals surface area (Å²) in [6.45, 7) is 2.02. The van der Waals surface area contributed by atoms with Gasteiger partial charge in [-0.05, 0) is 48.9 Å². The molecule has 1 aromatic heterocycles. The maximum atomic E-state index is 12.3. The van der Waals surface area contributed by atoms with Gasteiger partial charge in [0.05, 0.1) is 11.9 Å². The Labute approximate surface area is 185 Å². The van der Waals surface area contributed by atoms with Gasteiger partial charge in [0, 0.05) is 10.4 Å². The fourth-order valence-corrected chi connectivity index (χ4v) is 4.58. The van der Waals surface area contributed by atoms with Crippen LogP contribution in [0.1, 0.15) is 10.4 Å². The largest absolute Gasteiger partial charge is 0.379 e. The van der Waals surface area contributed by atoms with E-state index in [0.29, 0.717) is 5.13 Å². The quantitative estimate of drug-likeness (QED) is 0.234. The normalized spacial score (nSPS) is 11.5. The maximum absolute atomic E-state index is 12.3. The topological polar surface area (TPSA) is 80.7 Å². The molecular formula is C23H19N3O3S2. The number of hydrogen-bond acceptors (Lipinski definition) is 7. The van der Waals surface area contributed by atoms with E-state index in [1.165, 1.54) is 23.5 Å². The minimum absolute atomic E-state index is 0.110. The minimum atomic E-state index is -3.86. The van der Waals surface area contributed by atoms with Gasteiger partial charge in [-0.15, -0.1) is 11.3 Å². The first kappa shape index (κ1) is 20.8. The summed E-state index contributed by atoms with van der Waals surface area (Å²) in [5.41, 5.74) is 5.73. The van der Waals surface area contributed by atoms with Crippen molar-refractivity contribution in [3.63, 3.8) is 0 Å². The Morgan fingerprint density at radius 1 is 0.935 bits per heavy atom. The lowest BCUT2D eigenvalue weighted by Gasteiger charge is -2.06. The van der Waals surface area contributed by atoms with Crippen molar-refractivity contribution in [2.45, 2.75) is 11.8 Å². The molecule has 0 saturated carbocycles. The van der Waals surface area contributed by atoms with Crippen LogP contribution in [-0.4, -0.2) is 19.6 Å². The third-order valence-electron chi connectivity index (χ3n) is 4.34. The minimum Gasteiger partial charge on any atom is -0.379 e. The molecule has 0 fully saturated rings. The molecule has 1 N–H and O–H groups in total. The van der Waals surface area contributed by atoms with Crippen LogP contribution in [0.5, 0.6) is 5.75 Å². The van der Waals surface area contributed by atoms with Gasteiger partial charge in [-0.25, -0.2) is 4.98 Å². The number of thiazole rings is 1. The van der Waals surface area contributed by atoms with Crippen molar-refractivity contribution in [1.29, 1.82) is 0 Å². The summed E-state index contributed by atoms with van der Waals surface area (Å²) in [4.78, 5) is 5.81. The Balaban J connectivity index is 1.40. The highest BCUT2D eigenvalue weighted by atomic mass is 32.2. The van der Waals surface area contributed by atoms with Crippen molar-refractivity contribution in [1.82, 2.24) is 4.98 Å². The molecule has 0 saturated heterocycles. The summed E-state index contributed by atoms with van der Waals surface area (Å²) in [5, 5.41) is 4.92. The Morgan fingerprint density at radius 3 is 2.26 bits per heavy atom. The van der Waals surface area contributed by atoms with Crippen LogP contribution < -0.4 is 9.61 Å². The first-order valence-corrected chi connectivity index (χ1v) is 11.7. The Morgan fingerprint density at radius 2 is 1.58 bits per heavy atom. The summed E-state index contributed by atoms with van der Waals surface area (Å²) in [6, 6.07) is 24.6. The van der Waals surface area contributed by atoms with Crippen LogP contribution in [0, 0.1) is 6.92 Å². The van der Waals surface area contributed by atoms with Crippen molar-refractivity contribution >= 4 is 32.8 Å². The number of aromatic nitrogens is 1. The monoisotopic (exact) mass is 449 g/mol. The van der Waals surface area contributed by atoms with Crippen LogP contribution in [0.3, 0.4) is 0 Å². The zero-order valence-corrected chi connectivity index (χ0v) is 18.2. The molecule has 8 heteroatoms. The summed E-state index contributed by atoms with van der Waals surface area (Å²) >= 11 is 1.53. The van der Waals surface area contributed by atoms with E-state index >= 15 is 0 Å². The number of aryl methyl sites for hydroxylation is 1. The molecule has 0 unspecified atom stereocenters. The van der Waals surface area contributed by atoms with E-state index in [-0.39, 0.29) is 10.6 Å². The van der Waals surface area contributed by atoms with Crippen molar-refractivity contribution in [3.8, 4) is 17.0 Å². The average molecular weight is 450 g/mol. The number of nitrogens with zero attached hydrogens (tertiary/aromatic N) is 2. The Bertz CT molecular complexity index is 1290. The molecule has 4 aromatic rings. The number of benzene rings is 3. The molecule has 0 aliphatic heterocycles. The molecular weight excluding hydrogens is 430 g/mol. The molecule has 4 rings (SSSR count). The van der Waals surface area contributed by atoms with Crippen LogP contribution in [0.4, 0.5) is 5.13 Å². The molecule has 6 nitrogen and oxygen atoms in total. The molecule has 0 spiro atoms. The molecule has 0 bridgehead atoms. The van der Waals surface area contributed by atoms with Gasteiger partial charge < -0.3 is 4.18 Å². The maximum Gasteiger partial charge on any atom is 0.339 e. The number of anilines is 1. The highest BCUT2D eigenvalue weighted by Crippen LogP contribution is 2.30. The van der Waals surface area contributed by atoms with E-state index in [2.05, 4.69) is 15.5 Å². The third-order valence-corrected chi connectivity index (χ3v) is 6.47. The number of hydrazone groups is 1. The third kappa shape index (κ3) is 5.17. The second-order valence-electron chi connectivity index (χ2n) is 6.58. The molecule has 1 heterocycles. The second-order valence-corrected chi connectivity index (χ2v) is 9.33. The molecule has 0 aliphatic rings. The molecule has 31 heavy (non-hydrogen) atoms. The fraction of sp³-hybridized carbons (Fsp3) is 0.0435.